The van der Waals surface area contributed by atoms with Crippen molar-refractivity contribution in [2.24, 2.45) is 5.92 Å². The lowest BCUT2D eigenvalue weighted by Gasteiger charge is -2.19. The van der Waals surface area contributed by atoms with Crippen LogP contribution < -0.4 is 18.9 Å². The topological polar surface area (TPSA) is 97.4 Å². The predicted octanol–water partition coefficient (Wildman–Crippen LogP) is 5.71. The van der Waals surface area contributed by atoms with Crippen LogP contribution in [0.25, 0.3) is 12.2 Å². The van der Waals surface area contributed by atoms with Gasteiger partial charge in [-0.25, -0.2) is 0 Å². The molecule has 0 saturated carbocycles. The number of ether oxygens (including phenoxy) is 5. The van der Waals surface area contributed by atoms with Crippen molar-refractivity contribution in [1.29, 1.82) is 0 Å². The molecule has 0 bridgehead atoms. The lowest BCUT2D eigenvalue weighted by atomic mass is 9.99. The molecule has 0 aliphatic carbocycles. The molecule has 2 aromatic rings. The SMILES string of the molecule is COc1ccc(/C=C/C(=O)C(C)C(=O)/C=C/c2ccc(OCCCC(=O)OC(C)(C)C)c(OC)c2)cc1OC. The second-order valence-electron chi connectivity index (χ2n) is 9.76. The molecule has 0 aromatic heterocycles. The molecule has 0 fully saturated rings. The molecule has 1 atom stereocenters. The van der Waals surface area contributed by atoms with Gasteiger partial charge in [0.1, 0.15) is 5.60 Å². The summed E-state index contributed by atoms with van der Waals surface area (Å²) in [7, 11) is 4.61. The minimum absolute atomic E-state index is 0.253. The summed E-state index contributed by atoms with van der Waals surface area (Å²) in [5.41, 5.74) is 0.941. The van der Waals surface area contributed by atoms with Gasteiger partial charge in [0.05, 0.1) is 33.9 Å². The van der Waals surface area contributed by atoms with Crippen LogP contribution in [0, 0.1) is 5.92 Å². The Bertz CT molecular complexity index is 1200. The van der Waals surface area contributed by atoms with Gasteiger partial charge in [-0.1, -0.05) is 24.3 Å². The first kappa shape index (κ1) is 31.1. The van der Waals surface area contributed by atoms with E-state index >= 15 is 0 Å². The van der Waals surface area contributed by atoms with Crippen LogP contribution in [0.1, 0.15) is 51.7 Å². The average Bonchev–Trinajstić information content (AvgIpc) is 2.91. The standard InChI is InChI=1S/C31H38O8/c1-21(24(32)14-10-22-12-16-26(35-5)28(19-22)36-6)25(33)15-11-23-13-17-27(29(20-23)37-7)38-18-8-9-30(34)39-31(2,3)4/h10-17,19-21H,8-9,18H2,1-7H3/b14-10+,15-11+. The van der Waals surface area contributed by atoms with Crippen LogP contribution in [0.3, 0.4) is 0 Å². The predicted molar refractivity (Wildman–Crippen MR) is 150 cm³/mol. The maximum absolute atomic E-state index is 12.6. The summed E-state index contributed by atoms with van der Waals surface area (Å²) in [6, 6.07) is 10.5. The highest BCUT2D eigenvalue weighted by Crippen LogP contribution is 2.29. The molecule has 39 heavy (non-hydrogen) atoms. The van der Waals surface area contributed by atoms with E-state index in [9.17, 15) is 14.4 Å². The first-order valence-corrected chi connectivity index (χ1v) is 12.7. The van der Waals surface area contributed by atoms with Gasteiger partial charge in [0, 0.05) is 6.42 Å². The number of rotatable bonds is 14. The van der Waals surface area contributed by atoms with E-state index in [0.717, 1.165) is 5.56 Å². The van der Waals surface area contributed by atoms with Crippen LogP contribution in [0.2, 0.25) is 0 Å². The molecule has 0 heterocycles. The fourth-order valence-electron chi connectivity index (χ4n) is 3.44. The summed E-state index contributed by atoms with van der Waals surface area (Å²) in [6.45, 7) is 7.37. The molecule has 8 nitrogen and oxygen atoms in total. The van der Waals surface area contributed by atoms with Gasteiger partial charge in [0.15, 0.2) is 34.6 Å². The largest absolute Gasteiger partial charge is 0.493 e. The Balaban J connectivity index is 1.94. The first-order valence-electron chi connectivity index (χ1n) is 12.7. The molecule has 2 aromatic carbocycles. The Morgan fingerprint density at radius 2 is 1.26 bits per heavy atom. The van der Waals surface area contributed by atoms with Gasteiger partial charge in [0.2, 0.25) is 0 Å². The Morgan fingerprint density at radius 1 is 0.769 bits per heavy atom. The van der Waals surface area contributed by atoms with E-state index in [0.29, 0.717) is 41.6 Å². The van der Waals surface area contributed by atoms with E-state index in [1.54, 1.807) is 62.6 Å². The van der Waals surface area contributed by atoms with Crippen molar-refractivity contribution in [2.45, 2.75) is 46.1 Å². The van der Waals surface area contributed by atoms with Gasteiger partial charge in [-0.15, -0.1) is 0 Å². The minimum Gasteiger partial charge on any atom is -0.493 e. The molecular weight excluding hydrogens is 500 g/mol. The fraction of sp³-hybridized carbons (Fsp3) is 0.387. The van der Waals surface area contributed by atoms with Gasteiger partial charge in [-0.3, -0.25) is 14.4 Å². The highest BCUT2D eigenvalue weighted by molar-refractivity contribution is 6.13. The number of carbonyl (C=O) groups is 3. The normalized spacial score (nSPS) is 12.3. The average molecular weight is 539 g/mol. The highest BCUT2D eigenvalue weighted by atomic mass is 16.6. The van der Waals surface area contributed by atoms with E-state index in [-0.39, 0.29) is 24.0 Å². The quantitative estimate of drug-likeness (QED) is 0.131. The summed E-state index contributed by atoms with van der Waals surface area (Å²) in [4.78, 5) is 37.0. The number of carbonyl (C=O) groups excluding carboxylic acids is 3. The number of esters is 1. The van der Waals surface area contributed by atoms with Gasteiger partial charge in [-0.05, 0) is 81.7 Å². The summed E-state index contributed by atoms with van der Waals surface area (Å²) >= 11 is 0. The lowest BCUT2D eigenvalue weighted by molar-refractivity contribution is -0.155. The monoisotopic (exact) mass is 538 g/mol. The zero-order valence-electron chi connectivity index (χ0n) is 23.7. The third-order valence-corrected chi connectivity index (χ3v) is 5.53. The molecule has 210 valence electrons. The van der Waals surface area contributed by atoms with Crippen molar-refractivity contribution in [3.63, 3.8) is 0 Å². The van der Waals surface area contributed by atoms with Crippen molar-refractivity contribution in [2.75, 3.05) is 27.9 Å². The van der Waals surface area contributed by atoms with E-state index < -0.39 is 11.5 Å². The number of hydrogen-bond donors (Lipinski definition) is 0. The summed E-state index contributed by atoms with van der Waals surface area (Å²) in [5, 5.41) is 0. The van der Waals surface area contributed by atoms with Crippen molar-refractivity contribution in [1.82, 2.24) is 0 Å². The van der Waals surface area contributed by atoms with Gasteiger partial charge < -0.3 is 23.7 Å². The minimum atomic E-state index is -0.841. The second kappa shape index (κ2) is 14.8. The molecule has 0 aliphatic rings. The number of methoxy groups -OCH3 is 3. The Labute approximate surface area is 230 Å². The van der Waals surface area contributed by atoms with Gasteiger partial charge in [0.25, 0.3) is 0 Å². The number of ketones is 2. The molecule has 0 saturated heterocycles. The summed E-state index contributed by atoms with van der Waals surface area (Å²) < 4.78 is 27.0. The van der Waals surface area contributed by atoms with Crippen LogP contribution >= 0.6 is 0 Å². The van der Waals surface area contributed by atoms with E-state index in [4.69, 9.17) is 23.7 Å². The van der Waals surface area contributed by atoms with Crippen LogP contribution in [0.15, 0.2) is 48.6 Å². The summed E-state index contributed by atoms with van der Waals surface area (Å²) in [6.07, 6.45) is 6.77. The molecule has 0 amide bonds. The van der Waals surface area contributed by atoms with E-state index in [2.05, 4.69) is 0 Å². The van der Waals surface area contributed by atoms with Crippen molar-refractivity contribution >= 4 is 29.7 Å². The molecule has 8 heteroatoms. The molecule has 2 rings (SSSR count). The Kier molecular flexibility index (Phi) is 11.8. The van der Waals surface area contributed by atoms with Crippen LogP contribution in [0.5, 0.6) is 23.0 Å². The van der Waals surface area contributed by atoms with Crippen LogP contribution in [-0.4, -0.2) is 51.1 Å². The molecule has 0 N–H and O–H groups in total. The van der Waals surface area contributed by atoms with E-state index in [1.165, 1.54) is 26.4 Å². The van der Waals surface area contributed by atoms with Crippen molar-refractivity contribution in [3.8, 4) is 23.0 Å². The lowest BCUT2D eigenvalue weighted by Crippen LogP contribution is -2.23. The second-order valence-corrected chi connectivity index (χ2v) is 9.76. The van der Waals surface area contributed by atoms with Crippen LogP contribution in [0.4, 0.5) is 0 Å². The molecule has 0 radical (unpaired) electrons. The fourth-order valence-corrected chi connectivity index (χ4v) is 3.44. The first-order chi connectivity index (χ1) is 18.5. The number of hydrogen-bond acceptors (Lipinski definition) is 8. The van der Waals surface area contributed by atoms with Crippen molar-refractivity contribution in [3.05, 3.63) is 59.7 Å². The maximum atomic E-state index is 12.6. The van der Waals surface area contributed by atoms with Gasteiger partial charge >= 0.3 is 5.97 Å². The van der Waals surface area contributed by atoms with Gasteiger partial charge in [-0.2, -0.15) is 0 Å². The Morgan fingerprint density at radius 3 is 1.74 bits per heavy atom. The summed E-state index contributed by atoms with van der Waals surface area (Å²) in [5.74, 6) is 0.402. The third-order valence-electron chi connectivity index (χ3n) is 5.53. The smallest absolute Gasteiger partial charge is 0.306 e. The highest BCUT2D eigenvalue weighted by Gasteiger charge is 2.18. The third kappa shape index (κ3) is 10.3. The zero-order chi connectivity index (χ0) is 29.0. The Hall–Kier alpha value is -4.07. The molecule has 0 spiro atoms. The maximum Gasteiger partial charge on any atom is 0.306 e. The molecular formula is C31H38O8. The number of benzene rings is 2. The van der Waals surface area contributed by atoms with Crippen LogP contribution in [-0.2, 0) is 19.1 Å². The molecule has 1 unspecified atom stereocenters. The zero-order valence-corrected chi connectivity index (χ0v) is 23.7. The van der Waals surface area contributed by atoms with E-state index in [1.807, 2.05) is 20.8 Å². The number of allylic oxidation sites excluding steroid dienone is 2. The van der Waals surface area contributed by atoms with Crippen molar-refractivity contribution < 1.29 is 38.1 Å². The molecule has 0 aliphatic heterocycles.